The number of rotatable bonds is 13. The number of anilines is 1. The van der Waals surface area contributed by atoms with Gasteiger partial charge in [0, 0.05) is 43.6 Å². The highest BCUT2D eigenvalue weighted by Crippen LogP contribution is 2.38. The largest absolute Gasteiger partial charge is 0.392 e. The van der Waals surface area contributed by atoms with Crippen LogP contribution < -0.4 is 10.8 Å². The number of aliphatic hydroxyl groups excluding tert-OH is 1. The molecule has 1 aliphatic heterocycles. The molecule has 0 bridgehead atoms. The van der Waals surface area contributed by atoms with Crippen LogP contribution in [0.3, 0.4) is 0 Å². The summed E-state index contributed by atoms with van der Waals surface area (Å²) in [6.45, 7) is 5.26. The van der Waals surface area contributed by atoms with Gasteiger partial charge >= 0.3 is 0 Å². The van der Waals surface area contributed by atoms with E-state index in [-0.39, 0.29) is 37.6 Å². The van der Waals surface area contributed by atoms with Crippen LogP contribution in [0.15, 0.2) is 61.2 Å². The van der Waals surface area contributed by atoms with Crippen molar-refractivity contribution in [2.45, 2.75) is 57.2 Å². The second-order valence-electron chi connectivity index (χ2n) is 9.28. The molecular formula is C28H37N3O6. The van der Waals surface area contributed by atoms with E-state index in [4.69, 9.17) is 14.7 Å². The zero-order chi connectivity index (χ0) is 26.6. The van der Waals surface area contributed by atoms with Crippen molar-refractivity contribution in [1.82, 2.24) is 10.4 Å². The number of likely N-dealkylation sites (N-methyl/N-ethyl adjacent to an activating group) is 1. The topological polar surface area (TPSA) is 120 Å². The van der Waals surface area contributed by atoms with E-state index in [1.807, 2.05) is 61.7 Å². The molecule has 3 rings (SSSR count). The summed E-state index contributed by atoms with van der Waals surface area (Å²) in [5.74, 6) is -0.616. The summed E-state index contributed by atoms with van der Waals surface area (Å²) in [7, 11) is 2.02. The average Bonchev–Trinajstić information content (AvgIpc) is 2.91. The van der Waals surface area contributed by atoms with Gasteiger partial charge in [-0.2, -0.15) is 0 Å². The molecule has 2 amide bonds. The molecule has 1 aliphatic rings. The first kappa shape index (κ1) is 28.5. The standard InChI is InChI=1S/C28H37N3O6/c1-3-15-31(2)18-24-17-25(21-13-11-20(19-32)12-14-21)37-28(36-24)22-7-6-8-23(16-22)29-26(33)9-4-5-10-27(34)30-35/h3,6-8,11-14,16,24-25,28,32,35H,1,4-5,9-10,15,17-19H2,2H3,(H,29,33)(H,30,34)/t24-,25+,28+/m0/s1. The van der Waals surface area contributed by atoms with Crippen molar-refractivity contribution in [2.24, 2.45) is 0 Å². The Morgan fingerprint density at radius 2 is 1.81 bits per heavy atom. The number of unbranched alkanes of at least 4 members (excludes halogenated alkanes) is 1. The van der Waals surface area contributed by atoms with E-state index in [2.05, 4.69) is 16.8 Å². The third-order valence-corrected chi connectivity index (χ3v) is 6.20. The maximum atomic E-state index is 12.4. The van der Waals surface area contributed by atoms with Gasteiger partial charge in [0.25, 0.3) is 0 Å². The van der Waals surface area contributed by atoms with Gasteiger partial charge in [-0.05, 0) is 43.1 Å². The number of hydroxylamine groups is 1. The van der Waals surface area contributed by atoms with Crippen molar-refractivity contribution < 1.29 is 29.4 Å². The number of ether oxygens (including phenoxy) is 2. The first-order chi connectivity index (χ1) is 17.9. The Morgan fingerprint density at radius 1 is 1.08 bits per heavy atom. The quantitative estimate of drug-likeness (QED) is 0.140. The monoisotopic (exact) mass is 511 g/mol. The van der Waals surface area contributed by atoms with Crippen molar-refractivity contribution in [3.05, 3.63) is 77.9 Å². The Morgan fingerprint density at radius 3 is 2.49 bits per heavy atom. The number of carbonyl (C=O) groups is 2. The Labute approximate surface area is 218 Å². The number of hydrogen-bond donors (Lipinski definition) is 4. The molecule has 2 aromatic carbocycles. The van der Waals surface area contributed by atoms with Crippen molar-refractivity contribution in [1.29, 1.82) is 0 Å². The van der Waals surface area contributed by atoms with Crippen molar-refractivity contribution in [3.63, 3.8) is 0 Å². The average molecular weight is 512 g/mol. The number of amides is 2. The number of benzene rings is 2. The van der Waals surface area contributed by atoms with Crippen molar-refractivity contribution in [2.75, 3.05) is 25.5 Å². The molecule has 2 aromatic rings. The fraction of sp³-hybridized carbons (Fsp3) is 0.429. The van der Waals surface area contributed by atoms with Crippen LogP contribution in [0.2, 0.25) is 0 Å². The van der Waals surface area contributed by atoms with Gasteiger partial charge in [-0.25, -0.2) is 5.48 Å². The smallest absolute Gasteiger partial charge is 0.243 e. The summed E-state index contributed by atoms with van der Waals surface area (Å²) < 4.78 is 12.7. The Balaban J connectivity index is 1.69. The number of carbonyl (C=O) groups excluding carboxylic acids is 2. The molecule has 3 atom stereocenters. The van der Waals surface area contributed by atoms with Crippen molar-refractivity contribution in [3.8, 4) is 0 Å². The van der Waals surface area contributed by atoms with Gasteiger partial charge in [0.1, 0.15) is 0 Å². The summed E-state index contributed by atoms with van der Waals surface area (Å²) >= 11 is 0. The molecule has 1 saturated heterocycles. The lowest BCUT2D eigenvalue weighted by Gasteiger charge is -2.37. The predicted molar refractivity (Wildman–Crippen MR) is 140 cm³/mol. The zero-order valence-corrected chi connectivity index (χ0v) is 21.3. The van der Waals surface area contributed by atoms with Gasteiger partial charge in [-0.15, -0.1) is 6.58 Å². The number of nitrogens with zero attached hydrogens (tertiary/aromatic N) is 1. The van der Waals surface area contributed by atoms with Crippen molar-refractivity contribution >= 4 is 17.5 Å². The lowest BCUT2D eigenvalue weighted by atomic mass is 9.99. The fourth-order valence-electron chi connectivity index (χ4n) is 4.29. The molecule has 0 aromatic heterocycles. The van der Waals surface area contributed by atoms with Crippen LogP contribution in [-0.4, -0.2) is 53.3 Å². The molecule has 1 fully saturated rings. The van der Waals surface area contributed by atoms with E-state index in [9.17, 15) is 14.7 Å². The van der Waals surface area contributed by atoms with E-state index in [1.54, 1.807) is 5.48 Å². The summed E-state index contributed by atoms with van der Waals surface area (Å²) in [6, 6.07) is 15.2. The molecule has 0 unspecified atom stereocenters. The van der Waals surface area contributed by atoms with Crippen LogP contribution in [0.25, 0.3) is 0 Å². The molecule has 9 heteroatoms. The van der Waals surface area contributed by atoms with Gasteiger partial charge < -0.3 is 24.8 Å². The molecule has 9 nitrogen and oxygen atoms in total. The summed E-state index contributed by atoms with van der Waals surface area (Å²) in [4.78, 5) is 25.6. The minimum Gasteiger partial charge on any atom is -0.392 e. The second-order valence-corrected chi connectivity index (χ2v) is 9.28. The van der Waals surface area contributed by atoms with Crippen LogP contribution in [-0.2, 0) is 25.7 Å². The minimum atomic E-state index is -0.618. The van der Waals surface area contributed by atoms with E-state index >= 15 is 0 Å². The van der Waals surface area contributed by atoms with Gasteiger partial charge in [-0.1, -0.05) is 42.5 Å². The Hall–Kier alpha value is -3.08. The highest BCUT2D eigenvalue weighted by molar-refractivity contribution is 5.90. The number of aliphatic hydroxyl groups is 1. The molecule has 0 spiro atoms. The lowest BCUT2D eigenvalue weighted by Crippen LogP contribution is -2.37. The molecule has 4 N–H and O–H groups in total. The van der Waals surface area contributed by atoms with Gasteiger partial charge in [0.05, 0.1) is 18.8 Å². The molecule has 200 valence electrons. The van der Waals surface area contributed by atoms with E-state index in [1.165, 1.54) is 0 Å². The van der Waals surface area contributed by atoms with E-state index in [0.29, 0.717) is 31.5 Å². The third-order valence-electron chi connectivity index (χ3n) is 6.20. The SMILES string of the molecule is C=CCN(C)C[C@@H]1C[C@H](c2ccc(CO)cc2)O[C@H](c2cccc(NC(=O)CCCCC(=O)NO)c2)O1. The lowest BCUT2D eigenvalue weighted by molar-refractivity contribution is -0.252. The third kappa shape index (κ3) is 9.07. The van der Waals surface area contributed by atoms with E-state index in [0.717, 1.165) is 23.2 Å². The zero-order valence-electron chi connectivity index (χ0n) is 21.3. The first-order valence-electron chi connectivity index (χ1n) is 12.5. The first-order valence-corrected chi connectivity index (χ1v) is 12.5. The number of hydrogen-bond acceptors (Lipinski definition) is 7. The molecule has 1 heterocycles. The van der Waals surface area contributed by atoms with Crippen LogP contribution in [0.1, 0.15) is 61.2 Å². The van der Waals surface area contributed by atoms with Gasteiger partial charge in [-0.3, -0.25) is 14.8 Å². The fourth-order valence-corrected chi connectivity index (χ4v) is 4.29. The molecule has 0 aliphatic carbocycles. The number of nitrogens with one attached hydrogen (secondary N) is 2. The predicted octanol–water partition coefficient (Wildman–Crippen LogP) is 3.85. The van der Waals surface area contributed by atoms with Gasteiger partial charge in [0.15, 0.2) is 6.29 Å². The second kappa shape index (κ2) is 14.6. The highest BCUT2D eigenvalue weighted by Gasteiger charge is 2.32. The molecule has 0 radical (unpaired) electrons. The van der Waals surface area contributed by atoms with Gasteiger partial charge in [0.2, 0.25) is 11.8 Å². The molecule has 37 heavy (non-hydrogen) atoms. The summed E-state index contributed by atoms with van der Waals surface area (Å²) in [5.41, 5.74) is 4.88. The van der Waals surface area contributed by atoms with E-state index < -0.39 is 12.2 Å². The molecule has 0 saturated carbocycles. The normalized spacial score (nSPS) is 19.4. The minimum absolute atomic E-state index is 0.0109. The van der Waals surface area contributed by atoms with Crippen LogP contribution in [0, 0.1) is 0 Å². The van der Waals surface area contributed by atoms with Crippen LogP contribution >= 0.6 is 0 Å². The molecular weight excluding hydrogens is 474 g/mol. The maximum absolute atomic E-state index is 12.4. The van der Waals surface area contributed by atoms with Crippen LogP contribution in [0.5, 0.6) is 0 Å². The summed E-state index contributed by atoms with van der Waals surface area (Å²) in [5, 5.41) is 20.8. The Bertz CT molecular complexity index is 1030. The summed E-state index contributed by atoms with van der Waals surface area (Å²) in [6.07, 6.45) is 3.12. The Kier molecular flexibility index (Phi) is 11.2. The van der Waals surface area contributed by atoms with Crippen LogP contribution in [0.4, 0.5) is 5.69 Å². The highest BCUT2D eigenvalue weighted by atomic mass is 16.7. The maximum Gasteiger partial charge on any atom is 0.243 e.